The minimum absolute atomic E-state index is 0.174. The molecule has 2 aromatic carbocycles. The van der Waals surface area contributed by atoms with Crippen LogP contribution in [0.1, 0.15) is 45.2 Å². The molecular formula is C28H39N3O6S. The molecule has 38 heavy (non-hydrogen) atoms. The molecule has 2 aromatic rings. The fourth-order valence-electron chi connectivity index (χ4n) is 4.14. The van der Waals surface area contributed by atoms with Gasteiger partial charge in [-0.05, 0) is 43.9 Å². The lowest BCUT2D eigenvalue weighted by molar-refractivity contribution is -0.140. The molecule has 0 bridgehead atoms. The molecule has 0 aliphatic carbocycles. The van der Waals surface area contributed by atoms with Crippen LogP contribution >= 0.6 is 0 Å². The normalized spacial score (nSPS) is 13.6. The van der Waals surface area contributed by atoms with Crippen LogP contribution in [0.15, 0.2) is 42.5 Å². The van der Waals surface area contributed by atoms with Crippen molar-refractivity contribution in [1.82, 2.24) is 10.2 Å². The molecule has 0 saturated carbocycles. The molecule has 1 unspecified atom stereocenters. The number of ether oxygens (including phenoxy) is 2. The molecule has 9 nitrogen and oxygen atoms in total. The van der Waals surface area contributed by atoms with Gasteiger partial charge in [0.1, 0.15) is 25.8 Å². The van der Waals surface area contributed by atoms with E-state index in [4.69, 9.17) is 9.47 Å². The number of anilines is 1. The lowest BCUT2D eigenvalue weighted by atomic mass is 10.1. The van der Waals surface area contributed by atoms with Crippen LogP contribution in [0.25, 0.3) is 0 Å². The van der Waals surface area contributed by atoms with E-state index in [1.165, 1.54) is 11.8 Å². The summed E-state index contributed by atoms with van der Waals surface area (Å²) in [5, 5.41) is 2.93. The monoisotopic (exact) mass is 545 g/mol. The van der Waals surface area contributed by atoms with E-state index >= 15 is 0 Å². The molecule has 10 heteroatoms. The first-order valence-corrected chi connectivity index (χ1v) is 14.7. The number of sulfonamides is 1. The van der Waals surface area contributed by atoms with E-state index in [0.717, 1.165) is 15.4 Å². The third kappa shape index (κ3) is 7.40. The van der Waals surface area contributed by atoms with Gasteiger partial charge in [0, 0.05) is 19.2 Å². The minimum Gasteiger partial charge on any atom is -0.486 e. The van der Waals surface area contributed by atoms with Gasteiger partial charge in [-0.15, -0.1) is 0 Å². The average molecular weight is 546 g/mol. The molecule has 208 valence electrons. The number of fused-ring (bicyclic) bond motifs is 1. The first kappa shape index (κ1) is 29.3. The van der Waals surface area contributed by atoms with Gasteiger partial charge in [-0.25, -0.2) is 8.42 Å². The molecule has 1 N–H and O–H groups in total. The first-order chi connectivity index (χ1) is 18.1. The maximum atomic E-state index is 13.9. The summed E-state index contributed by atoms with van der Waals surface area (Å²) >= 11 is 0. The maximum absolute atomic E-state index is 13.9. The zero-order valence-electron chi connectivity index (χ0n) is 22.9. The number of carbonyl (C=O) groups excluding carboxylic acids is 2. The third-order valence-electron chi connectivity index (χ3n) is 6.34. The molecule has 0 aromatic heterocycles. The van der Waals surface area contributed by atoms with Gasteiger partial charge in [0.05, 0.1) is 11.4 Å². The summed E-state index contributed by atoms with van der Waals surface area (Å²) in [5.74, 6) is 0.272. The molecule has 0 radical (unpaired) electrons. The van der Waals surface area contributed by atoms with Crippen molar-refractivity contribution in [1.29, 1.82) is 0 Å². The van der Waals surface area contributed by atoms with Gasteiger partial charge in [0.25, 0.3) is 0 Å². The number of hydrogen-bond donors (Lipinski definition) is 1. The molecule has 1 aliphatic heterocycles. The van der Waals surface area contributed by atoms with E-state index in [1.807, 2.05) is 52.0 Å². The smallest absolute Gasteiger partial charge is 0.244 e. The number of aryl methyl sites for hydroxylation is 1. The van der Waals surface area contributed by atoms with Crippen molar-refractivity contribution < 1.29 is 27.5 Å². The summed E-state index contributed by atoms with van der Waals surface area (Å²) < 4.78 is 38.6. The standard InChI is InChI=1S/C28H39N3O6S/c1-6-24(28(33)29-17-20(3)4)30(18-22-10-8-21(5)9-11-22)27(32)19-31(38(34,35)7-2)23-12-13-25-26(16-23)37-15-14-36-25/h8-13,16,20,24H,6-7,14-15,17-19H2,1-5H3,(H,29,33). The van der Waals surface area contributed by atoms with Crippen molar-refractivity contribution in [2.24, 2.45) is 5.92 Å². The number of carbonyl (C=O) groups is 2. The van der Waals surface area contributed by atoms with Gasteiger partial charge in [-0.3, -0.25) is 13.9 Å². The second kappa shape index (κ2) is 13.0. The van der Waals surface area contributed by atoms with Crippen LogP contribution in [-0.4, -0.2) is 63.2 Å². The highest BCUT2D eigenvalue weighted by atomic mass is 32.2. The number of nitrogens with zero attached hydrogens (tertiary/aromatic N) is 2. The van der Waals surface area contributed by atoms with Crippen molar-refractivity contribution >= 4 is 27.5 Å². The zero-order chi connectivity index (χ0) is 27.9. The molecule has 1 heterocycles. The summed E-state index contributed by atoms with van der Waals surface area (Å²) in [6.07, 6.45) is 0.381. The second-order valence-corrected chi connectivity index (χ2v) is 12.0. The quantitative estimate of drug-likeness (QED) is 0.438. The van der Waals surface area contributed by atoms with Gasteiger partial charge >= 0.3 is 0 Å². The molecule has 0 spiro atoms. The van der Waals surface area contributed by atoms with Crippen molar-refractivity contribution in [2.45, 2.75) is 53.6 Å². The highest BCUT2D eigenvalue weighted by Gasteiger charge is 2.33. The van der Waals surface area contributed by atoms with E-state index < -0.39 is 28.5 Å². The Balaban J connectivity index is 1.96. The maximum Gasteiger partial charge on any atom is 0.244 e. The van der Waals surface area contributed by atoms with Crippen LogP contribution < -0.4 is 19.1 Å². The van der Waals surface area contributed by atoms with Gasteiger partial charge in [0.15, 0.2) is 11.5 Å². The van der Waals surface area contributed by atoms with E-state index in [0.29, 0.717) is 43.4 Å². The molecule has 1 aliphatic rings. The van der Waals surface area contributed by atoms with E-state index in [2.05, 4.69) is 5.32 Å². The number of amides is 2. The van der Waals surface area contributed by atoms with Gasteiger partial charge in [-0.1, -0.05) is 50.6 Å². The SMILES string of the molecule is CCC(C(=O)NCC(C)C)N(Cc1ccc(C)cc1)C(=O)CN(c1ccc2c(c1)OCCO2)S(=O)(=O)CC. The highest BCUT2D eigenvalue weighted by molar-refractivity contribution is 7.92. The molecule has 0 saturated heterocycles. The largest absolute Gasteiger partial charge is 0.486 e. The Morgan fingerprint density at radius 1 is 1.00 bits per heavy atom. The lowest BCUT2D eigenvalue weighted by Crippen LogP contribution is -2.52. The minimum atomic E-state index is -3.83. The molecule has 3 rings (SSSR count). The summed E-state index contributed by atoms with van der Waals surface area (Å²) in [7, 11) is -3.83. The van der Waals surface area contributed by atoms with Crippen molar-refractivity contribution in [3.05, 3.63) is 53.6 Å². The third-order valence-corrected chi connectivity index (χ3v) is 8.08. The van der Waals surface area contributed by atoms with Crippen LogP contribution in [0.2, 0.25) is 0 Å². The van der Waals surface area contributed by atoms with Crippen LogP contribution in [0.3, 0.4) is 0 Å². The Labute approximate surface area is 226 Å². The number of hydrogen-bond acceptors (Lipinski definition) is 6. The Morgan fingerprint density at radius 2 is 1.66 bits per heavy atom. The fourth-order valence-corrected chi connectivity index (χ4v) is 5.19. The second-order valence-electron chi connectivity index (χ2n) is 9.81. The lowest BCUT2D eigenvalue weighted by Gasteiger charge is -2.33. The number of rotatable bonds is 12. The predicted molar refractivity (Wildman–Crippen MR) is 148 cm³/mol. The summed E-state index contributed by atoms with van der Waals surface area (Å²) in [4.78, 5) is 28.5. The average Bonchev–Trinajstić information content (AvgIpc) is 2.91. The highest BCUT2D eigenvalue weighted by Crippen LogP contribution is 2.35. The zero-order valence-corrected chi connectivity index (χ0v) is 23.7. The van der Waals surface area contributed by atoms with Crippen LogP contribution in [-0.2, 0) is 26.2 Å². The summed E-state index contributed by atoms with van der Waals surface area (Å²) in [6.45, 7) is 10.3. The number of nitrogens with one attached hydrogen (secondary N) is 1. The van der Waals surface area contributed by atoms with Gasteiger partial charge in [-0.2, -0.15) is 0 Å². The Bertz CT molecular complexity index is 1210. The van der Waals surface area contributed by atoms with E-state index in [1.54, 1.807) is 18.2 Å². The Morgan fingerprint density at radius 3 is 2.26 bits per heavy atom. The van der Waals surface area contributed by atoms with Gasteiger partial charge < -0.3 is 19.7 Å². The molecule has 1 atom stereocenters. The topological polar surface area (TPSA) is 105 Å². The van der Waals surface area contributed by atoms with Crippen molar-refractivity contribution in [2.75, 3.05) is 36.4 Å². The first-order valence-electron chi connectivity index (χ1n) is 13.1. The Kier molecular flexibility index (Phi) is 10.0. The van der Waals surface area contributed by atoms with Crippen LogP contribution in [0.5, 0.6) is 11.5 Å². The van der Waals surface area contributed by atoms with Crippen LogP contribution in [0.4, 0.5) is 5.69 Å². The summed E-state index contributed by atoms with van der Waals surface area (Å²) in [5.41, 5.74) is 2.23. The fraction of sp³-hybridized carbons (Fsp3) is 0.500. The molecule has 0 fully saturated rings. The molecule has 2 amide bonds. The van der Waals surface area contributed by atoms with Gasteiger partial charge in [0.2, 0.25) is 21.8 Å². The Hall–Kier alpha value is -3.27. The molecular weight excluding hydrogens is 506 g/mol. The van der Waals surface area contributed by atoms with Crippen molar-refractivity contribution in [3.8, 4) is 11.5 Å². The van der Waals surface area contributed by atoms with E-state index in [-0.39, 0.29) is 24.1 Å². The van der Waals surface area contributed by atoms with E-state index in [9.17, 15) is 18.0 Å². The number of benzene rings is 2. The van der Waals surface area contributed by atoms with Crippen molar-refractivity contribution in [3.63, 3.8) is 0 Å². The van der Waals surface area contributed by atoms with Crippen LogP contribution in [0, 0.1) is 12.8 Å². The predicted octanol–water partition coefficient (Wildman–Crippen LogP) is 3.50. The summed E-state index contributed by atoms with van der Waals surface area (Å²) in [6, 6.07) is 11.8.